The number of amides is 1. The first-order valence-corrected chi connectivity index (χ1v) is 8.20. The van der Waals surface area contributed by atoms with Gasteiger partial charge >= 0.3 is 0 Å². The maximum Gasteiger partial charge on any atom is 0.231 e. The van der Waals surface area contributed by atoms with Crippen molar-refractivity contribution in [3.05, 3.63) is 24.3 Å². The predicted molar refractivity (Wildman–Crippen MR) is 88.9 cm³/mol. The second-order valence-electron chi connectivity index (χ2n) is 6.16. The third kappa shape index (κ3) is 2.52. The van der Waals surface area contributed by atoms with E-state index in [0.717, 1.165) is 24.5 Å². The van der Waals surface area contributed by atoms with E-state index < -0.39 is 9.75 Å². The molecule has 6 heteroatoms. The summed E-state index contributed by atoms with van der Waals surface area (Å²) in [5.74, 6) is 0.925. The number of methoxy groups -OCH3 is 1. The minimum atomic E-state index is -0.899. The van der Waals surface area contributed by atoms with Crippen molar-refractivity contribution in [2.45, 2.75) is 17.7 Å². The molecule has 1 saturated heterocycles. The molecule has 2 fully saturated rings. The lowest BCUT2D eigenvalue weighted by atomic mass is 10.1. The summed E-state index contributed by atoms with van der Waals surface area (Å²) >= 11 is 12.2. The Morgan fingerprint density at radius 2 is 1.77 bits per heavy atom. The average molecular weight is 343 g/mol. The Morgan fingerprint density at radius 3 is 2.32 bits per heavy atom. The summed E-state index contributed by atoms with van der Waals surface area (Å²) < 4.78 is 4.51. The number of halogens is 2. The first-order chi connectivity index (χ1) is 10.4. The molecule has 4 nitrogen and oxygen atoms in total. The highest BCUT2D eigenvalue weighted by Crippen LogP contribution is 2.64. The first kappa shape index (κ1) is 15.8. The van der Waals surface area contributed by atoms with Gasteiger partial charge in [0.15, 0.2) is 0 Å². The minimum absolute atomic E-state index is 0.0668. The van der Waals surface area contributed by atoms with Crippen LogP contribution in [0.5, 0.6) is 5.75 Å². The molecule has 0 bridgehead atoms. The van der Waals surface area contributed by atoms with E-state index in [1.54, 1.807) is 7.11 Å². The van der Waals surface area contributed by atoms with Crippen LogP contribution in [0.25, 0.3) is 0 Å². The summed E-state index contributed by atoms with van der Waals surface area (Å²) in [7, 11) is 1.67. The van der Waals surface area contributed by atoms with Crippen LogP contribution in [-0.4, -0.2) is 48.4 Å². The van der Waals surface area contributed by atoms with Gasteiger partial charge < -0.3 is 14.5 Å². The summed E-state index contributed by atoms with van der Waals surface area (Å²) in [6.45, 7) is 4.76. The van der Waals surface area contributed by atoms with Crippen LogP contribution in [0, 0.1) is 5.41 Å². The molecule has 22 heavy (non-hydrogen) atoms. The monoisotopic (exact) mass is 342 g/mol. The van der Waals surface area contributed by atoms with Gasteiger partial charge in [-0.2, -0.15) is 0 Å². The molecule has 120 valence electrons. The molecule has 0 aromatic heterocycles. The number of para-hydroxylation sites is 2. The van der Waals surface area contributed by atoms with Gasteiger partial charge in [-0.3, -0.25) is 4.79 Å². The number of alkyl halides is 2. The Morgan fingerprint density at radius 1 is 1.18 bits per heavy atom. The highest BCUT2D eigenvalue weighted by atomic mass is 35.5. The Kier molecular flexibility index (Phi) is 3.94. The molecule has 1 heterocycles. The molecule has 1 aromatic rings. The molecule has 1 aliphatic heterocycles. The quantitative estimate of drug-likeness (QED) is 0.791. The number of carbonyl (C=O) groups excluding carboxylic acids is 1. The molecule has 2 aliphatic rings. The number of hydrogen-bond acceptors (Lipinski definition) is 3. The van der Waals surface area contributed by atoms with Crippen LogP contribution < -0.4 is 9.64 Å². The van der Waals surface area contributed by atoms with Gasteiger partial charge in [0.05, 0.1) is 18.2 Å². The Labute approximate surface area is 140 Å². The van der Waals surface area contributed by atoms with E-state index in [4.69, 9.17) is 27.9 Å². The molecular formula is C16H20Cl2N2O2. The standard InChI is InChI=1S/C16H20Cl2N2O2/c1-15(11-16(15,17)18)14(21)20-9-7-19(8-10-20)12-5-3-4-6-13(12)22-2/h3-6H,7-11H2,1-2H3. The summed E-state index contributed by atoms with van der Waals surface area (Å²) in [5.41, 5.74) is 0.446. The van der Waals surface area contributed by atoms with Gasteiger partial charge in [0.2, 0.25) is 5.91 Å². The van der Waals surface area contributed by atoms with Crippen molar-refractivity contribution in [3.63, 3.8) is 0 Å². The van der Waals surface area contributed by atoms with E-state index in [9.17, 15) is 4.79 Å². The zero-order chi connectivity index (χ0) is 16.0. The minimum Gasteiger partial charge on any atom is -0.495 e. The predicted octanol–water partition coefficient (Wildman–Crippen LogP) is 2.93. The maximum atomic E-state index is 12.6. The topological polar surface area (TPSA) is 32.8 Å². The van der Waals surface area contributed by atoms with Gasteiger partial charge in [0.1, 0.15) is 10.1 Å². The second-order valence-corrected chi connectivity index (χ2v) is 7.65. The zero-order valence-electron chi connectivity index (χ0n) is 12.8. The Balaban J connectivity index is 1.65. The molecule has 3 rings (SSSR count). The number of hydrogen-bond donors (Lipinski definition) is 0. The van der Waals surface area contributed by atoms with Gasteiger partial charge in [-0.05, 0) is 25.5 Å². The van der Waals surface area contributed by atoms with E-state index in [1.807, 2.05) is 36.1 Å². The van der Waals surface area contributed by atoms with E-state index in [2.05, 4.69) is 4.90 Å². The second kappa shape index (κ2) is 5.50. The zero-order valence-corrected chi connectivity index (χ0v) is 14.3. The molecule has 0 spiro atoms. The molecule has 1 aliphatic carbocycles. The number of benzene rings is 1. The summed E-state index contributed by atoms with van der Waals surface area (Å²) in [6, 6.07) is 7.95. The highest BCUT2D eigenvalue weighted by Gasteiger charge is 2.68. The van der Waals surface area contributed by atoms with Crippen molar-refractivity contribution >= 4 is 34.8 Å². The number of anilines is 1. The molecule has 1 saturated carbocycles. The average Bonchev–Trinajstić information content (AvgIpc) is 3.06. The molecular weight excluding hydrogens is 323 g/mol. The number of nitrogens with zero attached hydrogens (tertiary/aromatic N) is 2. The van der Waals surface area contributed by atoms with Gasteiger partial charge in [-0.1, -0.05) is 12.1 Å². The normalized spacial score (nSPS) is 26.7. The van der Waals surface area contributed by atoms with Crippen molar-refractivity contribution in [1.82, 2.24) is 4.90 Å². The van der Waals surface area contributed by atoms with Crippen LogP contribution in [0.3, 0.4) is 0 Å². The van der Waals surface area contributed by atoms with Crippen LogP contribution in [0.4, 0.5) is 5.69 Å². The van der Waals surface area contributed by atoms with Crippen LogP contribution in [0.15, 0.2) is 24.3 Å². The number of piperazine rings is 1. The van der Waals surface area contributed by atoms with Crippen LogP contribution >= 0.6 is 23.2 Å². The van der Waals surface area contributed by atoms with Gasteiger partial charge in [0.25, 0.3) is 0 Å². The van der Waals surface area contributed by atoms with Crippen molar-refractivity contribution in [2.24, 2.45) is 5.41 Å². The van der Waals surface area contributed by atoms with Gasteiger partial charge in [0, 0.05) is 26.2 Å². The maximum absolute atomic E-state index is 12.6. The lowest BCUT2D eigenvalue weighted by molar-refractivity contribution is -0.136. The largest absolute Gasteiger partial charge is 0.495 e. The fraction of sp³-hybridized carbons (Fsp3) is 0.562. The molecule has 0 N–H and O–H groups in total. The third-order valence-electron chi connectivity index (χ3n) is 4.72. The summed E-state index contributed by atoms with van der Waals surface area (Å²) in [6.07, 6.45) is 0.536. The molecule has 1 atom stereocenters. The van der Waals surface area contributed by atoms with Crippen LogP contribution in [0.2, 0.25) is 0 Å². The Hall–Kier alpha value is -1.13. The van der Waals surface area contributed by atoms with E-state index in [0.29, 0.717) is 19.5 Å². The number of carbonyl (C=O) groups is 1. The van der Waals surface area contributed by atoms with E-state index in [-0.39, 0.29) is 5.91 Å². The summed E-state index contributed by atoms with van der Waals surface area (Å²) in [4.78, 5) is 16.7. The fourth-order valence-electron chi connectivity index (χ4n) is 3.02. The van der Waals surface area contributed by atoms with E-state index in [1.165, 1.54) is 0 Å². The van der Waals surface area contributed by atoms with Crippen molar-refractivity contribution < 1.29 is 9.53 Å². The molecule has 1 aromatic carbocycles. The number of ether oxygens (including phenoxy) is 1. The first-order valence-electron chi connectivity index (χ1n) is 7.44. The lowest BCUT2D eigenvalue weighted by Gasteiger charge is -2.38. The van der Waals surface area contributed by atoms with Gasteiger partial charge in [-0.15, -0.1) is 23.2 Å². The lowest BCUT2D eigenvalue weighted by Crippen LogP contribution is -2.51. The van der Waals surface area contributed by atoms with Crippen LogP contribution in [-0.2, 0) is 4.79 Å². The van der Waals surface area contributed by atoms with Crippen molar-refractivity contribution in [2.75, 3.05) is 38.2 Å². The van der Waals surface area contributed by atoms with Crippen molar-refractivity contribution in [3.8, 4) is 5.75 Å². The molecule has 1 unspecified atom stereocenters. The fourth-order valence-corrected chi connectivity index (χ4v) is 3.72. The Bertz CT molecular complexity index is 585. The van der Waals surface area contributed by atoms with Crippen LogP contribution in [0.1, 0.15) is 13.3 Å². The number of rotatable bonds is 3. The molecule has 0 radical (unpaired) electrons. The van der Waals surface area contributed by atoms with E-state index >= 15 is 0 Å². The SMILES string of the molecule is COc1ccccc1N1CCN(C(=O)C2(C)CC2(Cl)Cl)CC1. The summed E-state index contributed by atoms with van der Waals surface area (Å²) in [5, 5.41) is 0. The molecule has 1 amide bonds. The highest BCUT2D eigenvalue weighted by molar-refractivity contribution is 6.53. The van der Waals surface area contributed by atoms with Crippen molar-refractivity contribution in [1.29, 1.82) is 0 Å². The smallest absolute Gasteiger partial charge is 0.231 e. The van der Waals surface area contributed by atoms with Gasteiger partial charge in [-0.25, -0.2) is 0 Å². The third-order valence-corrected chi connectivity index (χ3v) is 5.82.